The average Bonchev–Trinajstić information content (AvgIpc) is 1.52. The normalized spacial score (nSPS) is 26.5. The van der Waals surface area contributed by atoms with Gasteiger partial charge < -0.3 is 115 Å². The van der Waals surface area contributed by atoms with Crippen molar-refractivity contribution in [1.29, 1.82) is 0 Å². The summed E-state index contributed by atoms with van der Waals surface area (Å²) < 4.78 is 1.45. The van der Waals surface area contributed by atoms with Crippen LogP contribution in [0.2, 0.25) is 0 Å². The number of likely N-dealkylation sites (N-methyl/N-ethyl adjacent to an activating group) is 2. The lowest BCUT2D eigenvalue weighted by Gasteiger charge is -2.39. The van der Waals surface area contributed by atoms with Crippen LogP contribution in [0, 0.1) is 12.8 Å². The standard InChI is InChI=1S/C92H130N20O20/c1-8-10-24-70-83(124)101-64(42-52(3)4)79(120)97-39-18-22-60(95)78(119)103-66(43-54-30-28-53(5)29-31-54)88(129)111-41-17-16-37-92(111)91(132)112(92)73(33-34-75(96)114)90(131)109-40-19-27-71(109)84(125)105-68(47-94)82(123)100-63(32-35-76(115)116)87(128)110-50-57(113)46-74(110)85(126)102-65(44-55-48-98-61-23-14-12-20-58(55)61)81(122)99-62(36-38-93)80(121)104-67(86(127)107(7)72(25-11-9-2)89(130)106(70)6)45-56-49-108(51-77(117)118)69-26-15-13-21-59(56)69/h12-15,20-21,23,26,28-31,48-49,52,57,60,62-68,70-74,98,113H,8-11,16-19,22,24-25,27,32-47,50-51,93-95H2,1-7H3,(H2,96,114)(H,97,120)(H,99,122)(H,100,123)(H,101,124)(H,102,126)(H,103,119)(H,104,121)(H,105,125)(H,115,116)(H,117,118)/t57-,60-,62+,63+,64+,65+,66+,67+,68+,70+,71+,72+,73+,74+,92-,112?/m1/s1. The number of aryl methyl sites for hydroxylation is 1. The quantitative estimate of drug-likeness (QED) is 0.0330. The van der Waals surface area contributed by atoms with Crippen LogP contribution in [-0.4, -0.2) is 298 Å². The number of carboxylic acids is 2. The molecule has 15 amide bonds. The first kappa shape index (κ1) is 102. The first-order valence-electron chi connectivity index (χ1n) is 45.9. The van der Waals surface area contributed by atoms with Gasteiger partial charge >= 0.3 is 11.9 Å². The smallest absolute Gasteiger partial charge is 0.323 e. The molecule has 0 saturated carbocycles. The maximum atomic E-state index is 15.9. The minimum absolute atomic E-state index is 0.00852. The van der Waals surface area contributed by atoms with Gasteiger partial charge in [0.05, 0.1) is 12.1 Å². The topological polar surface area (TPSA) is 591 Å². The number of aliphatic carboxylic acids is 2. The summed E-state index contributed by atoms with van der Waals surface area (Å²) >= 11 is 0. The van der Waals surface area contributed by atoms with E-state index >= 15 is 43.2 Å². The molecule has 5 aromatic rings. The van der Waals surface area contributed by atoms with Gasteiger partial charge in [-0.05, 0) is 132 Å². The van der Waals surface area contributed by atoms with Gasteiger partial charge in [0.15, 0.2) is 5.66 Å². The number of nitrogens with zero attached hydrogens (tertiary/aromatic N) is 7. The highest BCUT2D eigenvalue weighted by Gasteiger charge is 2.72. The number of nitrogens with one attached hydrogen (secondary N) is 9. The number of hydrogen-bond acceptors (Lipinski definition) is 21. The summed E-state index contributed by atoms with van der Waals surface area (Å²) in [5.74, 6) is -15.6. The number of benzene rings is 3. The molecule has 0 bridgehead atoms. The van der Waals surface area contributed by atoms with E-state index in [1.165, 1.54) is 49.4 Å². The zero-order valence-corrected chi connectivity index (χ0v) is 76.2. The Hall–Kier alpha value is -12.4. The number of rotatable bonds is 25. The van der Waals surface area contributed by atoms with Crippen molar-refractivity contribution in [2.75, 3.05) is 53.4 Å². The van der Waals surface area contributed by atoms with E-state index in [9.17, 15) is 53.7 Å². The Bertz CT molecular complexity index is 5040. The Kier molecular flexibility index (Phi) is 35.9. The van der Waals surface area contributed by atoms with Crippen LogP contribution in [0.15, 0.2) is 85.2 Å². The molecule has 3 aromatic carbocycles. The molecule has 10 rings (SSSR count). The lowest BCUT2D eigenvalue weighted by molar-refractivity contribution is -0.149. The van der Waals surface area contributed by atoms with Crippen molar-refractivity contribution in [2.45, 2.75) is 279 Å². The molecule has 0 radical (unpaired) electrons. The summed E-state index contributed by atoms with van der Waals surface area (Å²) in [6, 6.07) is 1.50. The van der Waals surface area contributed by atoms with Crippen molar-refractivity contribution in [3.63, 3.8) is 0 Å². The van der Waals surface area contributed by atoms with Gasteiger partial charge in [0.2, 0.25) is 82.7 Å². The zero-order valence-electron chi connectivity index (χ0n) is 76.2. The lowest BCUT2D eigenvalue weighted by Crippen LogP contribution is -2.61. The van der Waals surface area contributed by atoms with Gasteiger partial charge in [0, 0.05) is 120 Å². The summed E-state index contributed by atoms with van der Waals surface area (Å²) in [6.07, 6.45) is 1.06. The minimum Gasteiger partial charge on any atom is -0.481 e. The molecule has 718 valence electrons. The minimum atomic E-state index is -1.82. The number of aromatic nitrogens is 2. The molecule has 5 aliphatic rings. The molecule has 1 spiro atoms. The number of primary amides is 1. The third-order valence-corrected chi connectivity index (χ3v) is 25.6. The van der Waals surface area contributed by atoms with Gasteiger partial charge in [-0.15, -0.1) is 0 Å². The summed E-state index contributed by atoms with van der Waals surface area (Å²) in [5.41, 5.74) is 26.5. The SMILES string of the molecule is CCCC[C@H]1C(=O)N(C)[C@@H](CCCC)C(=O)N[C@@H](CC(C)C)C(=O)NCCC[C@@H](N)C(=O)N[C@@H](Cc2ccc(C)cc2)C(=O)N2CCCC[C@@]23C(=O)N3[C@@H](CCC(N)=O)C(=O)N2CCC[C@H]2C(=O)N[C@@H](CN)C(=O)N[C@@H](CCC(=O)O)C(=O)N2C[C@H](O)C[C@H]2C(=O)N[C@@H](Cc2c[nH]c3ccccc23)C(=O)N[C@@H](CCN)C(=O)N[C@@H](Cc2cn(CC(=O)O)c3ccccc23)C(=O)N1C. The van der Waals surface area contributed by atoms with Crippen molar-refractivity contribution >= 4 is 122 Å². The predicted octanol–water partition coefficient (Wildman–Crippen LogP) is -0.435. The van der Waals surface area contributed by atoms with Crippen LogP contribution in [0.4, 0.5) is 0 Å². The van der Waals surface area contributed by atoms with Crippen LogP contribution >= 0.6 is 0 Å². The number of nitrogens with two attached hydrogens (primary N) is 4. The number of hydrogen-bond donors (Lipinski definition) is 16. The largest absolute Gasteiger partial charge is 0.481 e. The number of amides is 15. The van der Waals surface area contributed by atoms with Gasteiger partial charge in [0.1, 0.15) is 79.0 Å². The van der Waals surface area contributed by atoms with Crippen LogP contribution in [0.5, 0.6) is 0 Å². The molecule has 40 heteroatoms. The van der Waals surface area contributed by atoms with Crippen LogP contribution in [0.3, 0.4) is 0 Å². The molecule has 20 N–H and O–H groups in total. The van der Waals surface area contributed by atoms with E-state index in [-0.39, 0.29) is 116 Å². The summed E-state index contributed by atoms with van der Waals surface area (Å²) in [5, 5.41) is 54.7. The van der Waals surface area contributed by atoms with Gasteiger partial charge in [-0.2, -0.15) is 0 Å². The maximum Gasteiger partial charge on any atom is 0.323 e. The van der Waals surface area contributed by atoms with E-state index in [4.69, 9.17) is 22.9 Å². The second-order valence-corrected chi connectivity index (χ2v) is 35.8. The number of aromatic amines is 1. The molecule has 40 nitrogen and oxygen atoms in total. The Morgan fingerprint density at radius 1 is 0.538 bits per heavy atom. The number of fused-ring (bicyclic) bond motifs is 4. The number of para-hydroxylation sites is 2. The Morgan fingerprint density at radius 3 is 1.82 bits per heavy atom. The highest BCUT2D eigenvalue weighted by molar-refractivity contribution is 6.09. The number of aliphatic hydroxyl groups is 1. The molecule has 5 aliphatic heterocycles. The molecular formula is C92H130N20O20. The van der Waals surface area contributed by atoms with Gasteiger partial charge in [-0.3, -0.25) is 86.4 Å². The van der Waals surface area contributed by atoms with Gasteiger partial charge in [-0.25, -0.2) is 0 Å². The molecular weight excluding hydrogens is 1710 g/mol. The number of carbonyl (C=O) groups excluding carboxylic acids is 15. The summed E-state index contributed by atoms with van der Waals surface area (Å²) in [7, 11) is 2.79. The fraction of sp³-hybridized carbons (Fsp3) is 0.576. The van der Waals surface area contributed by atoms with Crippen LogP contribution in [0.1, 0.15) is 178 Å². The highest BCUT2D eigenvalue weighted by atomic mass is 16.4. The number of aliphatic hydroxyl groups excluding tert-OH is 1. The number of carboxylic acid groups (broad SMARTS) is 2. The zero-order chi connectivity index (χ0) is 96.1. The van der Waals surface area contributed by atoms with E-state index in [0.29, 0.717) is 77.0 Å². The predicted molar refractivity (Wildman–Crippen MR) is 483 cm³/mol. The number of unbranched alkanes of at least 4 members (excludes halogenated alkanes) is 2. The molecule has 7 heterocycles. The van der Waals surface area contributed by atoms with E-state index in [1.807, 2.05) is 46.8 Å². The number of H-pyrrole nitrogens is 1. The van der Waals surface area contributed by atoms with E-state index in [1.54, 1.807) is 66.9 Å². The monoisotopic (exact) mass is 1830 g/mol. The van der Waals surface area contributed by atoms with Gasteiger partial charge in [0.25, 0.3) is 5.91 Å². The van der Waals surface area contributed by atoms with Crippen molar-refractivity contribution in [2.24, 2.45) is 28.9 Å². The molecule has 5 fully saturated rings. The molecule has 132 heavy (non-hydrogen) atoms. The summed E-state index contributed by atoms with van der Waals surface area (Å²) in [6.45, 7) is 7.12. The Labute approximate surface area is 766 Å². The lowest BCUT2D eigenvalue weighted by atomic mass is 9.97. The van der Waals surface area contributed by atoms with Crippen molar-refractivity contribution in [3.8, 4) is 0 Å². The van der Waals surface area contributed by atoms with Crippen molar-refractivity contribution < 1.29 is 96.8 Å². The second kappa shape index (κ2) is 46.6. The fourth-order valence-corrected chi connectivity index (χ4v) is 18.4. The van der Waals surface area contributed by atoms with Crippen molar-refractivity contribution in [3.05, 3.63) is 107 Å². The van der Waals surface area contributed by atoms with Crippen LogP contribution in [-0.2, 0) is 107 Å². The first-order valence-corrected chi connectivity index (χ1v) is 45.9. The molecule has 2 aromatic heterocycles. The van der Waals surface area contributed by atoms with Crippen LogP contribution < -0.4 is 65.5 Å². The Morgan fingerprint density at radius 2 is 1.14 bits per heavy atom. The first-order chi connectivity index (χ1) is 62.9. The third-order valence-electron chi connectivity index (χ3n) is 25.6. The number of piperidine rings is 1. The third kappa shape index (κ3) is 25.0. The molecule has 5 saturated heterocycles. The van der Waals surface area contributed by atoms with Crippen LogP contribution in [0.25, 0.3) is 21.8 Å². The molecule has 15 atom stereocenters. The van der Waals surface area contributed by atoms with E-state index in [2.05, 4.69) is 47.5 Å². The fourth-order valence-electron chi connectivity index (χ4n) is 18.4. The maximum absolute atomic E-state index is 15.9. The van der Waals surface area contributed by atoms with Crippen molar-refractivity contribution in [1.82, 2.24) is 81.5 Å². The van der Waals surface area contributed by atoms with E-state index < -0.39 is 236 Å². The molecule has 0 aliphatic carbocycles. The molecule has 0 unspecified atom stereocenters. The summed E-state index contributed by atoms with van der Waals surface area (Å²) in [4.78, 5) is 260. The second-order valence-electron chi connectivity index (χ2n) is 35.8. The number of carbonyl (C=O) groups is 17. The van der Waals surface area contributed by atoms with Gasteiger partial charge in [-0.1, -0.05) is 120 Å². The highest BCUT2D eigenvalue weighted by Crippen LogP contribution is 2.49. The average molecular weight is 1840 g/mol. The van der Waals surface area contributed by atoms with E-state index in [0.717, 1.165) is 10.5 Å². The Balaban J connectivity index is 1.02.